The molecule has 0 aromatic rings. The van der Waals surface area contributed by atoms with Crippen LogP contribution in [0.15, 0.2) is 24.3 Å². The van der Waals surface area contributed by atoms with Crippen molar-refractivity contribution in [2.24, 2.45) is 29.6 Å². The van der Waals surface area contributed by atoms with E-state index in [4.69, 9.17) is 5.11 Å². The summed E-state index contributed by atoms with van der Waals surface area (Å²) in [6, 6.07) is 0. The van der Waals surface area contributed by atoms with E-state index >= 15 is 0 Å². The van der Waals surface area contributed by atoms with Crippen molar-refractivity contribution in [3.05, 3.63) is 24.3 Å². The molecule has 2 nitrogen and oxygen atoms in total. The summed E-state index contributed by atoms with van der Waals surface area (Å²) in [6.45, 7) is 3.62. The van der Waals surface area contributed by atoms with E-state index in [9.17, 15) is 4.79 Å². The molecule has 4 aliphatic carbocycles. The predicted molar refractivity (Wildman–Crippen MR) is 66.5 cm³/mol. The van der Waals surface area contributed by atoms with E-state index in [1.807, 2.05) is 6.08 Å². The Hall–Kier alpha value is -1.05. The van der Waals surface area contributed by atoms with E-state index < -0.39 is 5.97 Å². The van der Waals surface area contributed by atoms with Gasteiger partial charge in [-0.05, 0) is 61.7 Å². The molecule has 0 aromatic heterocycles. The van der Waals surface area contributed by atoms with Gasteiger partial charge in [0.15, 0.2) is 0 Å². The molecular weight excluding hydrogens is 212 g/mol. The maximum Gasteiger partial charge on any atom is 0.335 e. The molecule has 1 N–H and O–H groups in total. The Morgan fingerprint density at radius 2 is 1.59 bits per heavy atom. The molecule has 0 heterocycles. The molecule has 0 amide bonds. The Morgan fingerprint density at radius 3 is 2.00 bits per heavy atom. The van der Waals surface area contributed by atoms with Crippen LogP contribution < -0.4 is 0 Å². The maximum atomic E-state index is 11.1. The Morgan fingerprint density at radius 1 is 1.06 bits per heavy atom. The highest BCUT2D eigenvalue weighted by molar-refractivity contribution is 5.89. The molecule has 0 radical (unpaired) electrons. The van der Waals surface area contributed by atoms with Crippen molar-refractivity contribution in [2.75, 3.05) is 0 Å². The average Bonchev–Trinajstić information content (AvgIpc) is 2.27. The fourth-order valence-electron chi connectivity index (χ4n) is 4.67. The normalized spacial score (nSPS) is 43.8. The van der Waals surface area contributed by atoms with Crippen molar-refractivity contribution in [3.8, 4) is 0 Å². The number of aliphatic carboxylic acids is 1. The Kier molecular flexibility index (Phi) is 2.61. The van der Waals surface area contributed by atoms with Crippen LogP contribution in [-0.2, 0) is 4.79 Å². The largest absolute Gasteiger partial charge is 0.478 e. The smallest absolute Gasteiger partial charge is 0.335 e. The topological polar surface area (TPSA) is 37.3 Å². The van der Waals surface area contributed by atoms with Crippen LogP contribution in [0, 0.1) is 29.6 Å². The molecule has 0 atom stereocenters. The van der Waals surface area contributed by atoms with Crippen LogP contribution in [0.5, 0.6) is 0 Å². The zero-order valence-electron chi connectivity index (χ0n) is 10.1. The second kappa shape index (κ2) is 4.01. The first kappa shape index (κ1) is 11.1. The summed E-state index contributed by atoms with van der Waals surface area (Å²) in [4.78, 5) is 11.1. The van der Waals surface area contributed by atoms with Crippen LogP contribution in [0.2, 0.25) is 0 Å². The summed E-state index contributed by atoms with van der Waals surface area (Å²) >= 11 is 0. The van der Waals surface area contributed by atoms with Gasteiger partial charge in [-0.25, -0.2) is 4.79 Å². The third-order valence-corrected chi connectivity index (χ3v) is 5.14. The molecule has 4 saturated carbocycles. The Labute approximate surface area is 102 Å². The summed E-state index contributed by atoms with van der Waals surface area (Å²) < 4.78 is 0. The van der Waals surface area contributed by atoms with E-state index in [1.165, 1.54) is 38.2 Å². The minimum Gasteiger partial charge on any atom is -0.478 e. The molecule has 0 unspecified atom stereocenters. The lowest BCUT2D eigenvalue weighted by molar-refractivity contribution is -0.132. The van der Waals surface area contributed by atoms with E-state index in [1.54, 1.807) is 0 Å². The monoisotopic (exact) mass is 232 g/mol. The Balaban J connectivity index is 1.84. The van der Waals surface area contributed by atoms with Crippen LogP contribution in [-0.4, -0.2) is 11.1 Å². The lowest BCUT2D eigenvalue weighted by atomic mass is 9.52. The summed E-state index contributed by atoms with van der Waals surface area (Å²) in [5.74, 6) is 3.07. The molecule has 92 valence electrons. The number of hydrogen-bond acceptors (Lipinski definition) is 1. The number of carboxylic acid groups (broad SMARTS) is 1. The average molecular weight is 232 g/mol. The highest BCUT2D eigenvalue weighted by atomic mass is 16.4. The molecule has 4 aliphatic rings. The summed E-state index contributed by atoms with van der Waals surface area (Å²) in [7, 11) is 0. The van der Waals surface area contributed by atoms with Crippen LogP contribution in [0.3, 0.4) is 0 Å². The van der Waals surface area contributed by atoms with Crippen LogP contribution in [0.4, 0.5) is 0 Å². The molecule has 4 fully saturated rings. The number of hydrogen-bond donors (Lipinski definition) is 1. The zero-order chi connectivity index (χ0) is 12.0. The van der Waals surface area contributed by atoms with Crippen molar-refractivity contribution < 1.29 is 9.90 Å². The highest BCUT2D eigenvalue weighted by Crippen LogP contribution is 2.57. The lowest BCUT2D eigenvalue weighted by Gasteiger charge is -2.53. The quantitative estimate of drug-likeness (QED) is 0.599. The minimum atomic E-state index is -0.825. The van der Waals surface area contributed by atoms with Crippen LogP contribution in [0.25, 0.3) is 0 Å². The van der Waals surface area contributed by atoms with Gasteiger partial charge in [-0.3, -0.25) is 0 Å². The van der Waals surface area contributed by atoms with Crippen LogP contribution in [0.1, 0.15) is 32.1 Å². The SMILES string of the molecule is C=C/C(=C\C1C2CC3CC(C2)CC1C3)C(=O)O. The fraction of sp³-hybridized carbons (Fsp3) is 0.667. The first-order chi connectivity index (χ1) is 8.17. The van der Waals surface area contributed by atoms with Gasteiger partial charge in [0.1, 0.15) is 0 Å². The van der Waals surface area contributed by atoms with Crippen molar-refractivity contribution in [3.63, 3.8) is 0 Å². The first-order valence-corrected chi connectivity index (χ1v) is 6.75. The van der Waals surface area contributed by atoms with Crippen molar-refractivity contribution >= 4 is 5.97 Å². The van der Waals surface area contributed by atoms with Gasteiger partial charge in [0.2, 0.25) is 0 Å². The number of rotatable bonds is 3. The number of carbonyl (C=O) groups is 1. The van der Waals surface area contributed by atoms with E-state index in [0.717, 1.165) is 23.7 Å². The lowest BCUT2D eigenvalue weighted by Crippen LogP contribution is -2.44. The summed E-state index contributed by atoms with van der Waals surface area (Å²) in [6.07, 6.45) is 10.3. The molecule has 4 bridgehead atoms. The fourth-order valence-corrected chi connectivity index (χ4v) is 4.67. The molecule has 0 aromatic carbocycles. The summed E-state index contributed by atoms with van der Waals surface area (Å²) in [5, 5.41) is 9.09. The van der Waals surface area contributed by atoms with E-state index in [2.05, 4.69) is 6.58 Å². The van der Waals surface area contributed by atoms with Crippen molar-refractivity contribution in [1.29, 1.82) is 0 Å². The molecule has 0 saturated heterocycles. The van der Waals surface area contributed by atoms with Gasteiger partial charge in [-0.2, -0.15) is 0 Å². The van der Waals surface area contributed by atoms with Gasteiger partial charge in [-0.1, -0.05) is 18.7 Å². The predicted octanol–water partition coefficient (Wildman–Crippen LogP) is 3.26. The molecule has 4 rings (SSSR count). The number of carboxylic acids is 1. The maximum absolute atomic E-state index is 11.1. The van der Waals surface area contributed by atoms with E-state index in [-0.39, 0.29) is 0 Å². The van der Waals surface area contributed by atoms with Crippen LogP contribution >= 0.6 is 0 Å². The number of allylic oxidation sites excluding steroid dienone is 1. The summed E-state index contributed by atoms with van der Waals surface area (Å²) in [5.41, 5.74) is 0.405. The first-order valence-electron chi connectivity index (χ1n) is 6.75. The van der Waals surface area contributed by atoms with Crippen molar-refractivity contribution in [2.45, 2.75) is 32.1 Å². The minimum absolute atomic E-state index is 0.405. The molecule has 17 heavy (non-hydrogen) atoms. The second-order valence-electron chi connectivity index (χ2n) is 6.14. The Bertz CT molecular complexity index is 352. The molecular formula is C15H20O2. The zero-order valence-corrected chi connectivity index (χ0v) is 10.1. The standard InChI is InChI=1S/C15H20O2/c1-2-11(15(16)17)8-14-12-4-9-3-10(6-12)7-13(14)5-9/h2,8-10,12-14H,1,3-7H2,(H,16,17)/b11-8+. The van der Waals surface area contributed by atoms with Gasteiger partial charge >= 0.3 is 5.97 Å². The van der Waals surface area contributed by atoms with Gasteiger partial charge in [0, 0.05) is 0 Å². The second-order valence-corrected chi connectivity index (χ2v) is 6.14. The molecule has 0 spiro atoms. The van der Waals surface area contributed by atoms with E-state index in [0.29, 0.717) is 11.5 Å². The van der Waals surface area contributed by atoms with Crippen molar-refractivity contribution in [1.82, 2.24) is 0 Å². The third-order valence-electron chi connectivity index (χ3n) is 5.14. The van der Waals surface area contributed by atoms with Gasteiger partial charge in [0.05, 0.1) is 5.57 Å². The van der Waals surface area contributed by atoms with Gasteiger partial charge in [-0.15, -0.1) is 0 Å². The third kappa shape index (κ3) is 1.84. The van der Waals surface area contributed by atoms with Gasteiger partial charge in [0.25, 0.3) is 0 Å². The van der Waals surface area contributed by atoms with Gasteiger partial charge < -0.3 is 5.11 Å². The molecule has 2 heteroatoms. The highest BCUT2D eigenvalue weighted by Gasteiger charge is 2.47. The molecule has 0 aliphatic heterocycles.